The van der Waals surface area contributed by atoms with E-state index >= 15 is 0 Å². The third kappa shape index (κ3) is 1.66. The zero-order valence-electron chi connectivity index (χ0n) is 10.9. The number of benzene rings is 2. The topological polar surface area (TPSA) is 66.1 Å². The largest absolute Gasteiger partial charge is 0.276 e. The Morgan fingerprint density at radius 3 is 2.36 bits per heavy atom. The number of carbonyl (C=O) groups excluding carboxylic acids is 2. The maximum Gasteiger partial charge on any atom is 0.267 e. The monoisotopic (exact) mass is 359 g/mol. The van der Waals surface area contributed by atoms with Gasteiger partial charge in [-0.2, -0.15) is 5.10 Å². The van der Waals surface area contributed by atoms with Gasteiger partial charge in [0.1, 0.15) is 5.82 Å². The molecule has 0 aliphatic carbocycles. The minimum Gasteiger partial charge on any atom is -0.276 e. The number of rotatable bonds is 1. The minimum atomic E-state index is -0.494. The number of imide groups is 1. The van der Waals surface area contributed by atoms with Gasteiger partial charge in [-0.1, -0.05) is 12.1 Å². The van der Waals surface area contributed by atoms with Crippen LogP contribution in [0.4, 0.5) is 10.2 Å². The summed E-state index contributed by atoms with van der Waals surface area (Å²) in [6.07, 6.45) is 0. The Labute approximate surface area is 131 Å². The lowest BCUT2D eigenvalue weighted by Gasteiger charge is -2.10. The number of fused-ring (bicyclic) bond motifs is 2. The Balaban J connectivity index is 1.92. The molecule has 22 heavy (non-hydrogen) atoms. The number of anilines is 1. The van der Waals surface area contributed by atoms with E-state index in [9.17, 15) is 14.0 Å². The smallest absolute Gasteiger partial charge is 0.267 e. The van der Waals surface area contributed by atoms with Gasteiger partial charge in [-0.15, -0.1) is 0 Å². The van der Waals surface area contributed by atoms with Gasteiger partial charge in [-0.3, -0.25) is 14.7 Å². The lowest BCUT2D eigenvalue weighted by atomic mass is 10.1. The number of halogens is 2. The van der Waals surface area contributed by atoms with E-state index in [2.05, 4.69) is 26.1 Å². The average Bonchev–Trinajstić information content (AvgIpc) is 3.00. The molecule has 1 aliphatic rings. The highest BCUT2D eigenvalue weighted by atomic mass is 79.9. The Morgan fingerprint density at radius 1 is 1.09 bits per heavy atom. The Bertz CT molecular complexity index is 932. The van der Waals surface area contributed by atoms with Gasteiger partial charge in [0.15, 0.2) is 5.82 Å². The van der Waals surface area contributed by atoms with Gasteiger partial charge in [0.05, 0.1) is 21.1 Å². The zero-order chi connectivity index (χ0) is 15.4. The van der Waals surface area contributed by atoms with Crippen LogP contribution in [0.2, 0.25) is 0 Å². The van der Waals surface area contributed by atoms with Crippen LogP contribution in [0.3, 0.4) is 0 Å². The fourth-order valence-electron chi connectivity index (χ4n) is 2.55. The molecule has 0 atom stereocenters. The zero-order valence-corrected chi connectivity index (χ0v) is 12.5. The van der Waals surface area contributed by atoms with E-state index in [-0.39, 0.29) is 10.3 Å². The van der Waals surface area contributed by atoms with Gasteiger partial charge in [0, 0.05) is 5.39 Å². The third-order valence-electron chi connectivity index (χ3n) is 3.59. The number of H-pyrrole nitrogens is 1. The second-order valence-electron chi connectivity index (χ2n) is 4.85. The first-order valence-electron chi connectivity index (χ1n) is 6.39. The van der Waals surface area contributed by atoms with Crippen molar-refractivity contribution >= 4 is 44.5 Å². The highest BCUT2D eigenvalue weighted by Crippen LogP contribution is 2.33. The maximum absolute atomic E-state index is 13.8. The lowest BCUT2D eigenvalue weighted by molar-refractivity contribution is 0.0925. The quantitative estimate of drug-likeness (QED) is 0.678. The van der Waals surface area contributed by atoms with Crippen molar-refractivity contribution in [2.75, 3.05) is 4.90 Å². The van der Waals surface area contributed by atoms with Crippen molar-refractivity contribution in [2.24, 2.45) is 0 Å². The molecule has 4 rings (SSSR count). The normalized spacial score (nSPS) is 14.0. The van der Waals surface area contributed by atoms with Gasteiger partial charge in [0.2, 0.25) is 0 Å². The van der Waals surface area contributed by atoms with Gasteiger partial charge < -0.3 is 0 Å². The number of nitrogens with zero attached hydrogens (tertiary/aromatic N) is 2. The molecule has 2 aromatic carbocycles. The summed E-state index contributed by atoms with van der Waals surface area (Å²) in [5, 5.41) is 7.09. The lowest BCUT2D eigenvalue weighted by Crippen LogP contribution is -2.29. The molecule has 5 nitrogen and oxygen atoms in total. The number of carbonyl (C=O) groups is 2. The van der Waals surface area contributed by atoms with E-state index in [0.717, 1.165) is 4.90 Å². The van der Waals surface area contributed by atoms with Crippen LogP contribution in [0.25, 0.3) is 10.9 Å². The summed E-state index contributed by atoms with van der Waals surface area (Å²) in [6, 6.07) is 9.30. The van der Waals surface area contributed by atoms with Crippen LogP contribution in [0, 0.1) is 5.82 Å². The van der Waals surface area contributed by atoms with Gasteiger partial charge >= 0.3 is 0 Å². The Hall–Kier alpha value is -2.54. The molecule has 0 saturated carbocycles. The van der Waals surface area contributed by atoms with E-state index < -0.39 is 17.6 Å². The minimum absolute atomic E-state index is 0.104. The van der Waals surface area contributed by atoms with Crippen LogP contribution in [-0.2, 0) is 0 Å². The molecular formula is C15H7BrFN3O2. The number of hydrogen-bond acceptors (Lipinski definition) is 3. The summed E-state index contributed by atoms with van der Waals surface area (Å²) in [6.45, 7) is 0. The van der Waals surface area contributed by atoms with E-state index in [0.29, 0.717) is 22.0 Å². The van der Waals surface area contributed by atoms with Gasteiger partial charge in [-0.25, -0.2) is 9.29 Å². The van der Waals surface area contributed by atoms with Crippen LogP contribution >= 0.6 is 15.9 Å². The predicted octanol–water partition coefficient (Wildman–Crippen LogP) is 3.27. The van der Waals surface area contributed by atoms with E-state index in [1.54, 1.807) is 24.3 Å². The summed E-state index contributed by atoms with van der Waals surface area (Å²) in [4.78, 5) is 25.9. The number of nitrogens with one attached hydrogen (secondary N) is 1. The number of amides is 2. The molecule has 7 heteroatoms. The average molecular weight is 360 g/mol. The highest BCUT2D eigenvalue weighted by molar-refractivity contribution is 9.10. The summed E-state index contributed by atoms with van der Waals surface area (Å²) in [5.41, 5.74) is 1.17. The van der Waals surface area contributed by atoms with Crippen LogP contribution in [0.5, 0.6) is 0 Å². The molecule has 1 aliphatic heterocycles. The van der Waals surface area contributed by atoms with E-state index in [1.807, 2.05) is 0 Å². The van der Waals surface area contributed by atoms with Crippen molar-refractivity contribution in [3.63, 3.8) is 0 Å². The molecule has 0 spiro atoms. The molecule has 2 amide bonds. The summed E-state index contributed by atoms with van der Waals surface area (Å²) >= 11 is 3.09. The molecule has 0 radical (unpaired) electrons. The van der Waals surface area contributed by atoms with Crippen LogP contribution in [0.1, 0.15) is 20.7 Å². The molecule has 0 saturated heterocycles. The van der Waals surface area contributed by atoms with Crippen molar-refractivity contribution in [3.05, 3.63) is 57.8 Å². The van der Waals surface area contributed by atoms with E-state index in [4.69, 9.17) is 0 Å². The third-order valence-corrected chi connectivity index (χ3v) is 4.20. The maximum atomic E-state index is 13.8. The van der Waals surface area contributed by atoms with Crippen molar-refractivity contribution in [1.82, 2.24) is 10.2 Å². The predicted molar refractivity (Wildman–Crippen MR) is 81.3 cm³/mol. The molecule has 1 N–H and O–H groups in total. The van der Waals surface area contributed by atoms with Crippen molar-refractivity contribution in [1.29, 1.82) is 0 Å². The van der Waals surface area contributed by atoms with Crippen LogP contribution in [0.15, 0.2) is 40.9 Å². The summed E-state index contributed by atoms with van der Waals surface area (Å²) in [7, 11) is 0. The molecule has 0 unspecified atom stereocenters. The second-order valence-corrected chi connectivity index (χ2v) is 5.70. The fourth-order valence-corrected chi connectivity index (χ4v) is 2.89. The molecule has 0 bridgehead atoms. The van der Waals surface area contributed by atoms with Gasteiger partial charge in [0.25, 0.3) is 11.8 Å². The van der Waals surface area contributed by atoms with Crippen LogP contribution < -0.4 is 4.90 Å². The number of aromatic nitrogens is 2. The highest BCUT2D eigenvalue weighted by Gasteiger charge is 2.38. The van der Waals surface area contributed by atoms with Crippen molar-refractivity contribution in [2.45, 2.75) is 0 Å². The molecule has 108 valence electrons. The number of hydrogen-bond donors (Lipinski definition) is 1. The SMILES string of the molecule is O=C1c2ccccc2C(=O)N1c1n[nH]c2cc(Br)c(F)cc12. The first kappa shape index (κ1) is 13.1. The molecule has 0 fully saturated rings. The number of aromatic amines is 1. The molecular weight excluding hydrogens is 353 g/mol. The Morgan fingerprint density at radius 2 is 1.73 bits per heavy atom. The standard InChI is InChI=1S/C15H7BrFN3O2/c16-10-6-12-9(5-11(10)17)13(19-18-12)20-14(21)7-3-1-2-4-8(7)15(20)22/h1-6H,(H,18,19). The summed E-state index contributed by atoms with van der Waals surface area (Å²) < 4.78 is 14.0. The molecule has 2 heterocycles. The molecule has 3 aromatic rings. The fraction of sp³-hybridized carbons (Fsp3) is 0. The Kier molecular flexibility index (Phi) is 2.67. The molecule has 1 aromatic heterocycles. The first-order valence-corrected chi connectivity index (χ1v) is 7.18. The van der Waals surface area contributed by atoms with Gasteiger partial charge in [-0.05, 0) is 40.2 Å². The van der Waals surface area contributed by atoms with Crippen LogP contribution in [-0.4, -0.2) is 22.0 Å². The van der Waals surface area contributed by atoms with Crippen molar-refractivity contribution < 1.29 is 14.0 Å². The van der Waals surface area contributed by atoms with Crippen molar-refractivity contribution in [3.8, 4) is 0 Å². The second kappa shape index (κ2) is 4.48. The first-order chi connectivity index (χ1) is 10.6. The summed E-state index contributed by atoms with van der Waals surface area (Å²) in [5.74, 6) is -1.31. The van der Waals surface area contributed by atoms with E-state index in [1.165, 1.54) is 12.1 Å².